The van der Waals surface area contributed by atoms with E-state index < -0.39 is 0 Å². The molecular formula is C23H25N3O4. The Bertz CT molecular complexity index is 1060. The lowest BCUT2D eigenvalue weighted by Gasteiger charge is -2.18. The first-order valence-electron chi connectivity index (χ1n) is 9.96. The van der Waals surface area contributed by atoms with E-state index in [1.54, 1.807) is 25.2 Å². The highest BCUT2D eigenvalue weighted by atomic mass is 16.5. The maximum absolute atomic E-state index is 12.7. The summed E-state index contributed by atoms with van der Waals surface area (Å²) in [5.74, 6) is 2.49. The predicted octanol–water partition coefficient (Wildman–Crippen LogP) is 4.40. The van der Waals surface area contributed by atoms with Crippen molar-refractivity contribution in [3.63, 3.8) is 0 Å². The standard InChI is InChI=1S/C23H25N3O4/c1-14(2)15-6-5-7-17(10-15)26-13-16(11-21(26)27)22-24-23(30-25-22)19-9-8-18(28-3)12-20(19)29-4/h5-10,12,14,16H,11,13H2,1-4H3. The first-order chi connectivity index (χ1) is 14.5. The largest absolute Gasteiger partial charge is 0.497 e. The van der Waals surface area contributed by atoms with Gasteiger partial charge in [0.2, 0.25) is 5.91 Å². The predicted molar refractivity (Wildman–Crippen MR) is 113 cm³/mol. The number of amides is 1. The van der Waals surface area contributed by atoms with Gasteiger partial charge in [0.1, 0.15) is 11.5 Å². The third-order valence-electron chi connectivity index (χ3n) is 5.42. The highest BCUT2D eigenvalue weighted by molar-refractivity contribution is 5.96. The van der Waals surface area contributed by atoms with Crippen molar-refractivity contribution in [2.75, 3.05) is 25.7 Å². The molecule has 0 N–H and O–H groups in total. The topological polar surface area (TPSA) is 77.7 Å². The number of rotatable bonds is 6. The number of benzene rings is 2. The van der Waals surface area contributed by atoms with Crippen molar-refractivity contribution in [1.82, 2.24) is 10.1 Å². The summed E-state index contributed by atoms with van der Waals surface area (Å²) >= 11 is 0. The normalized spacial score (nSPS) is 16.4. The van der Waals surface area contributed by atoms with E-state index in [2.05, 4.69) is 36.1 Å². The highest BCUT2D eigenvalue weighted by Crippen LogP contribution is 2.35. The molecule has 0 radical (unpaired) electrons. The number of methoxy groups -OCH3 is 2. The molecule has 1 amide bonds. The Labute approximate surface area is 175 Å². The summed E-state index contributed by atoms with van der Waals surface area (Å²) in [6.45, 7) is 4.81. The minimum Gasteiger partial charge on any atom is -0.497 e. The number of hydrogen-bond donors (Lipinski definition) is 0. The molecule has 1 unspecified atom stereocenters. The van der Waals surface area contributed by atoms with Crippen LogP contribution >= 0.6 is 0 Å². The van der Waals surface area contributed by atoms with Crippen molar-refractivity contribution in [3.05, 3.63) is 53.9 Å². The summed E-state index contributed by atoms with van der Waals surface area (Å²) in [4.78, 5) is 19.1. The molecular weight excluding hydrogens is 382 g/mol. The van der Waals surface area contributed by atoms with Crippen LogP contribution in [0, 0.1) is 0 Å². The van der Waals surface area contributed by atoms with Gasteiger partial charge in [-0.3, -0.25) is 4.79 Å². The number of carbonyl (C=O) groups is 1. The molecule has 0 aliphatic carbocycles. The summed E-state index contributed by atoms with van der Waals surface area (Å²) in [6.07, 6.45) is 0.352. The number of nitrogens with zero attached hydrogens (tertiary/aromatic N) is 3. The number of anilines is 1. The van der Waals surface area contributed by atoms with Gasteiger partial charge in [-0.05, 0) is 35.7 Å². The first kappa shape index (κ1) is 19.9. The van der Waals surface area contributed by atoms with Crippen molar-refractivity contribution >= 4 is 11.6 Å². The maximum Gasteiger partial charge on any atom is 0.261 e. The molecule has 1 saturated heterocycles. The Morgan fingerprint density at radius 2 is 1.97 bits per heavy atom. The van der Waals surface area contributed by atoms with E-state index in [1.807, 2.05) is 24.3 Å². The van der Waals surface area contributed by atoms with Gasteiger partial charge < -0.3 is 18.9 Å². The van der Waals surface area contributed by atoms with Crippen LogP contribution in [0.15, 0.2) is 47.0 Å². The minimum atomic E-state index is -0.123. The second kappa shape index (κ2) is 8.18. The summed E-state index contributed by atoms with van der Waals surface area (Å²) in [7, 11) is 3.17. The van der Waals surface area contributed by atoms with Gasteiger partial charge in [0.15, 0.2) is 5.82 Å². The van der Waals surface area contributed by atoms with Crippen LogP contribution in [0.4, 0.5) is 5.69 Å². The van der Waals surface area contributed by atoms with E-state index in [1.165, 1.54) is 5.56 Å². The highest BCUT2D eigenvalue weighted by Gasteiger charge is 2.35. The molecule has 1 atom stereocenters. The van der Waals surface area contributed by atoms with Crippen LogP contribution in [0.5, 0.6) is 11.5 Å². The Kier molecular flexibility index (Phi) is 5.44. The fraction of sp³-hybridized carbons (Fsp3) is 0.348. The van der Waals surface area contributed by atoms with Crippen molar-refractivity contribution in [2.45, 2.75) is 32.1 Å². The minimum absolute atomic E-state index is 0.0642. The molecule has 2 aromatic carbocycles. The van der Waals surface area contributed by atoms with Gasteiger partial charge in [-0.2, -0.15) is 4.98 Å². The van der Waals surface area contributed by atoms with E-state index in [9.17, 15) is 4.79 Å². The van der Waals surface area contributed by atoms with E-state index >= 15 is 0 Å². The molecule has 2 heterocycles. The number of ether oxygens (including phenoxy) is 2. The molecule has 30 heavy (non-hydrogen) atoms. The number of aromatic nitrogens is 2. The van der Waals surface area contributed by atoms with E-state index in [0.29, 0.717) is 47.7 Å². The number of carbonyl (C=O) groups excluding carboxylic acids is 1. The zero-order valence-electron chi connectivity index (χ0n) is 17.6. The molecule has 4 rings (SSSR count). The van der Waals surface area contributed by atoms with Crippen LogP contribution in [0.25, 0.3) is 11.5 Å². The van der Waals surface area contributed by atoms with Gasteiger partial charge in [-0.1, -0.05) is 31.1 Å². The lowest BCUT2D eigenvalue weighted by Crippen LogP contribution is -2.24. The molecule has 1 aromatic heterocycles. The maximum atomic E-state index is 12.7. The van der Waals surface area contributed by atoms with Crippen LogP contribution in [0.2, 0.25) is 0 Å². The zero-order chi connectivity index (χ0) is 21.3. The molecule has 7 heteroatoms. The second-order valence-corrected chi connectivity index (χ2v) is 7.68. The second-order valence-electron chi connectivity index (χ2n) is 7.68. The smallest absolute Gasteiger partial charge is 0.261 e. The van der Waals surface area contributed by atoms with E-state index in [4.69, 9.17) is 14.0 Å². The van der Waals surface area contributed by atoms with Crippen molar-refractivity contribution in [1.29, 1.82) is 0 Å². The van der Waals surface area contributed by atoms with Gasteiger partial charge in [-0.15, -0.1) is 0 Å². The van der Waals surface area contributed by atoms with E-state index in [-0.39, 0.29) is 11.8 Å². The summed E-state index contributed by atoms with van der Waals surface area (Å²) < 4.78 is 16.2. The van der Waals surface area contributed by atoms with Crippen LogP contribution in [-0.4, -0.2) is 36.8 Å². The summed E-state index contributed by atoms with van der Waals surface area (Å²) in [5, 5.41) is 4.15. The van der Waals surface area contributed by atoms with Gasteiger partial charge in [0.05, 0.1) is 19.8 Å². The number of hydrogen-bond acceptors (Lipinski definition) is 6. The monoisotopic (exact) mass is 407 g/mol. The molecule has 156 valence electrons. The Morgan fingerprint density at radius 3 is 2.70 bits per heavy atom. The van der Waals surface area contributed by atoms with Gasteiger partial charge >= 0.3 is 0 Å². The van der Waals surface area contributed by atoms with E-state index in [0.717, 1.165) is 5.69 Å². The van der Waals surface area contributed by atoms with Crippen molar-refractivity contribution in [3.8, 4) is 23.0 Å². The van der Waals surface area contributed by atoms with Crippen LogP contribution in [0.1, 0.15) is 43.5 Å². The molecule has 0 saturated carbocycles. The molecule has 7 nitrogen and oxygen atoms in total. The first-order valence-corrected chi connectivity index (χ1v) is 9.96. The Morgan fingerprint density at radius 1 is 1.13 bits per heavy atom. The fourth-order valence-electron chi connectivity index (χ4n) is 3.67. The van der Waals surface area contributed by atoms with Gasteiger partial charge in [0, 0.05) is 30.6 Å². The van der Waals surface area contributed by atoms with Crippen LogP contribution < -0.4 is 14.4 Å². The average molecular weight is 407 g/mol. The van der Waals surface area contributed by atoms with Crippen molar-refractivity contribution in [2.24, 2.45) is 0 Å². The SMILES string of the molecule is COc1ccc(-c2nc(C3CC(=O)N(c4cccc(C(C)C)c4)C3)no2)c(OC)c1. The summed E-state index contributed by atoms with van der Waals surface area (Å²) in [6, 6.07) is 13.5. The van der Waals surface area contributed by atoms with Crippen LogP contribution in [0.3, 0.4) is 0 Å². The fourth-order valence-corrected chi connectivity index (χ4v) is 3.67. The molecule has 1 aliphatic heterocycles. The molecule has 3 aromatic rings. The van der Waals surface area contributed by atoms with Gasteiger partial charge in [0.25, 0.3) is 5.89 Å². The Hall–Kier alpha value is -3.35. The zero-order valence-corrected chi connectivity index (χ0v) is 17.6. The quantitative estimate of drug-likeness (QED) is 0.603. The van der Waals surface area contributed by atoms with Crippen molar-refractivity contribution < 1.29 is 18.8 Å². The lowest BCUT2D eigenvalue weighted by atomic mass is 10.0. The summed E-state index contributed by atoms with van der Waals surface area (Å²) in [5.41, 5.74) is 2.80. The molecule has 0 bridgehead atoms. The van der Waals surface area contributed by atoms with Crippen LogP contribution in [-0.2, 0) is 4.79 Å². The third kappa shape index (κ3) is 3.75. The van der Waals surface area contributed by atoms with Gasteiger partial charge in [-0.25, -0.2) is 0 Å². The third-order valence-corrected chi connectivity index (χ3v) is 5.42. The molecule has 1 aliphatic rings. The molecule has 0 spiro atoms. The Balaban J connectivity index is 1.56. The molecule has 1 fully saturated rings. The lowest BCUT2D eigenvalue weighted by molar-refractivity contribution is -0.117. The average Bonchev–Trinajstić information content (AvgIpc) is 3.40.